The second-order valence-electron chi connectivity index (χ2n) is 5.77. The second kappa shape index (κ2) is 7.17. The lowest BCUT2D eigenvalue weighted by atomic mass is 10.1. The number of amides is 1. The zero-order chi connectivity index (χ0) is 18.8. The lowest BCUT2D eigenvalue weighted by Crippen LogP contribution is -2.25. The standard InChI is InChI=1S/C21H15NO4S/c1-25-15-10-8-14(9-11-15)22(21(24)17-6-4-12-26-17)13-19-20(23)16-5-2-3-7-18(16)27-19/h2-13H,1H3. The first-order valence-electron chi connectivity index (χ1n) is 8.22. The summed E-state index contributed by atoms with van der Waals surface area (Å²) < 4.78 is 10.4. The lowest BCUT2D eigenvalue weighted by molar-refractivity contribution is 0.0971. The highest BCUT2D eigenvalue weighted by molar-refractivity contribution is 8.04. The van der Waals surface area contributed by atoms with Crippen LogP contribution >= 0.6 is 11.8 Å². The zero-order valence-corrected chi connectivity index (χ0v) is 15.2. The molecule has 0 N–H and O–H groups in total. The molecule has 0 spiro atoms. The van der Waals surface area contributed by atoms with E-state index in [1.807, 2.05) is 18.2 Å². The number of methoxy groups -OCH3 is 1. The Bertz CT molecular complexity index is 1020. The SMILES string of the molecule is COc1ccc(N(C=C2Sc3ccccc3C2=O)C(=O)c2ccco2)cc1. The molecule has 27 heavy (non-hydrogen) atoms. The summed E-state index contributed by atoms with van der Waals surface area (Å²) in [5.41, 5.74) is 1.25. The summed E-state index contributed by atoms with van der Waals surface area (Å²) in [6.07, 6.45) is 3.01. The van der Waals surface area contributed by atoms with Crippen molar-refractivity contribution in [1.82, 2.24) is 0 Å². The molecule has 0 saturated heterocycles. The number of thioether (sulfide) groups is 1. The predicted octanol–water partition coefficient (Wildman–Crippen LogP) is 4.77. The van der Waals surface area contributed by atoms with Crippen molar-refractivity contribution in [2.75, 3.05) is 12.0 Å². The van der Waals surface area contributed by atoms with Crippen LogP contribution in [0.5, 0.6) is 5.75 Å². The first-order chi connectivity index (χ1) is 13.2. The topological polar surface area (TPSA) is 59.8 Å². The number of hydrogen-bond acceptors (Lipinski definition) is 5. The first-order valence-corrected chi connectivity index (χ1v) is 9.03. The number of hydrogen-bond donors (Lipinski definition) is 0. The number of Topliss-reactive ketones (excluding diaryl/α,β-unsaturated/α-hetero) is 1. The summed E-state index contributed by atoms with van der Waals surface area (Å²) >= 11 is 1.35. The number of ether oxygens (including phenoxy) is 1. The van der Waals surface area contributed by atoms with Gasteiger partial charge >= 0.3 is 0 Å². The molecule has 0 radical (unpaired) electrons. The van der Waals surface area contributed by atoms with Crippen molar-refractivity contribution >= 4 is 29.1 Å². The summed E-state index contributed by atoms with van der Waals surface area (Å²) in [6, 6.07) is 17.7. The molecule has 0 atom stereocenters. The summed E-state index contributed by atoms with van der Waals surface area (Å²) in [5.74, 6) is 0.412. The monoisotopic (exact) mass is 377 g/mol. The van der Waals surface area contributed by atoms with Crippen LogP contribution in [0.3, 0.4) is 0 Å². The Labute approximate surface area is 160 Å². The molecule has 134 valence electrons. The molecule has 4 rings (SSSR count). The largest absolute Gasteiger partial charge is 0.497 e. The van der Waals surface area contributed by atoms with Crippen molar-refractivity contribution in [3.63, 3.8) is 0 Å². The first kappa shape index (κ1) is 17.2. The van der Waals surface area contributed by atoms with Crippen LogP contribution in [0, 0.1) is 0 Å². The molecule has 0 unspecified atom stereocenters. The van der Waals surface area contributed by atoms with Gasteiger partial charge in [0.15, 0.2) is 5.76 Å². The summed E-state index contributed by atoms with van der Waals surface area (Å²) in [5, 5.41) is 0. The van der Waals surface area contributed by atoms with E-state index in [2.05, 4.69) is 0 Å². The fourth-order valence-electron chi connectivity index (χ4n) is 2.76. The lowest BCUT2D eigenvalue weighted by Gasteiger charge is -2.18. The molecule has 5 nitrogen and oxygen atoms in total. The third kappa shape index (κ3) is 3.27. The molecule has 1 amide bonds. The number of ketones is 1. The number of carbonyl (C=O) groups is 2. The average Bonchev–Trinajstić information content (AvgIpc) is 3.35. The van der Waals surface area contributed by atoms with Crippen LogP contribution in [0.15, 0.2) is 87.3 Å². The summed E-state index contributed by atoms with van der Waals surface area (Å²) in [6.45, 7) is 0. The van der Waals surface area contributed by atoms with Gasteiger partial charge in [-0.2, -0.15) is 0 Å². The van der Waals surface area contributed by atoms with E-state index < -0.39 is 0 Å². The number of anilines is 1. The number of furan rings is 1. The highest BCUT2D eigenvalue weighted by Crippen LogP contribution is 2.40. The third-order valence-corrected chi connectivity index (χ3v) is 5.21. The molecule has 3 aromatic rings. The van der Waals surface area contributed by atoms with Gasteiger partial charge in [-0.25, -0.2) is 0 Å². The van der Waals surface area contributed by atoms with Gasteiger partial charge in [-0.3, -0.25) is 14.5 Å². The molecule has 0 aliphatic carbocycles. The van der Waals surface area contributed by atoms with E-state index in [4.69, 9.17) is 9.15 Å². The molecular weight excluding hydrogens is 362 g/mol. The minimum atomic E-state index is -0.359. The number of rotatable bonds is 4. The molecule has 6 heteroatoms. The molecule has 0 bridgehead atoms. The molecule has 2 heterocycles. The van der Waals surface area contributed by atoms with E-state index >= 15 is 0 Å². The van der Waals surface area contributed by atoms with Gasteiger partial charge in [0.2, 0.25) is 5.78 Å². The minimum absolute atomic E-state index is 0.0960. The van der Waals surface area contributed by atoms with Crippen LogP contribution in [0.2, 0.25) is 0 Å². The van der Waals surface area contributed by atoms with Crippen molar-refractivity contribution < 1.29 is 18.7 Å². The maximum Gasteiger partial charge on any atom is 0.298 e. The maximum atomic E-state index is 13.0. The normalized spacial score (nSPS) is 14.3. The van der Waals surface area contributed by atoms with E-state index in [-0.39, 0.29) is 17.5 Å². The van der Waals surface area contributed by atoms with Crippen molar-refractivity contribution in [2.45, 2.75) is 4.90 Å². The van der Waals surface area contributed by atoms with Gasteiger partial charge in [0, 0.05) is 22.3 Å². The fourth-order valence-corrected chi connectivity index (χ4v) is 3.77. The molecule has 1 aromatic heterocycles. The van der Waals surface area contributed by atoms with Crippen LogP contribution < -0.4 is 9.64 Å². The molecule has 1 aliphatic heterocycles. The Morgan fingerprint density at radius 1 is 1.07 bits per heavy atom. The van der Waals surface area contributed by atoms with Gasteiger partial charge in [-0.1, -0.05) is 23.9 Å². The fraction of sp³-hybridized carbons (Fsp3) is 0.0476. The van der Waals surface area contributed by atoms with Crippen molar-refractivity contribution in [1.29, 1.82) is 0 Å². The van der Waals surface area contributed by atoms with Crippen LogP contribution in [0.4, 0.5) is 5.69 Å². The highest BCUT2D eigenvalue weighted by Gasteiger charge is 2.28. The molecule has 2 aromatic carbocycles. The molecule has 0 saturated carbocycles. The van der Waals surface area contributed by atoms with E-state index in [1.54, 1.807) is 55.8 Å². The van der Waals surface area contributed by atoms with E-state index in [1.165, 1.54) is 22.9 Å². The quantitative estimate of drug-likeness (QED) is 0.613. The Balaban J connectivity index is 1.74. The number of allylic oxidation sites excluding steroid dienone is 1. The van der Waals surface area contributed by atoms with E-state index in [0.717, 1.165) is 4.90 Å². The zero-order valence-electron chi connectivity index (χ0n) is 14.4. The van der Waals surface area contributed by atoms with Crippen LogP contribution in [0.1, 0.15) is 20.9 Å². The predicted molar refractivity (Wildman–Crippen MR) is 103 cm³/mol. The number of fused-ring (bicyclic) bond motifs is 1. The maximum absolute atomic E-state index is 13.0. The van der Waals surface area contributed by atoms with E-state index in [0.29, 0.717) is 21.9 Å². The average molecular weight is 377 g/mol. The Kier molecular flexibility index (Phi) is 4.56. The van der Waals surface area contributed by atoms with Gasteiger partial charge in [0.05, 0.1) is 18.3 Å². The Hall–Kier alpha value is -3.25. The summed E-state index contributed by atoms with van der Waals surface area (Å²) in [7, 11) is 1.58. The van der Waals surface area contributed by atoms with Gasteiger partial charge in [-0.15, -0.1) is 0 Å². The van der Waals surface area contributed by atoms with Gasteiger partial charge in [0.1, 0.15) is 5.75 Å². The second-order valence-corrected chi connectivity index (χ2v) is 6.85. The molecule has 0 fully saturated rings. The van der Waals surface area contributed by atoms with Crippen molar-refractivity contribution in [3.05, 3.63) is 89.4 Å². The minimum Gasteiger partial charge on any atom is -0.497 e. The Morgan fingerprint density at radius 3 is 2.52 bits per heavy atom. The number of nitrogens with zero attached hydrogens (tertiary/aromatic N) is 1. The summed E-state index contributed by atoms with van der Waals surface area (Å²) in [4.78, 5) is 28.4. The van der Waals surface area contributed by atoms with Crippen LogP contribution in [-0.2, 0) is 0 Å². The smallest absolute Gasteiger partial charge is 0.298 e. The van der Waals surface area contributed by atoms with E-state index in [9.17, 15) is 9.59 Å². The van der Waals surface area contributed by atoms with Crippen molar-refractivity contribution in [3.8, 4) is 5.75 Å². The third-order valence-electron chi connectivity index (χ3n) is 4.12. The Morgan fingerprint density at radius 2 is 1.85 bits per heavy atom. The molecular formula is C21H15NO4S. The highest BCUT2D eigenvalue weighted by atomic mass is 32.2. The molecule has 1 aliphatic rings. The number of benzene rings is 2. The van der Waals surface area contributed by atoms with Gasteiger partial charge < -0.3 is 9.15 Å². The van der Waals surface area contributed by atoms with Crippen LogP contribution in [-0.4, -0.2) is 18.8 Å². The van der Waals surface area contributed by atoms with Crippen molar-refractivity contribution in [2.24, 2.45) is 0 Å². The van der Waals surface area contributed by atoms with Gasteiger partial charge in [-0.05, 0) is 48.5 Å². The van der Waals surface area contributed by atoms with Crippen LogP contribution in [0.25, 0.3) is 0 Å². The number of carbonyl (C=O) groups excluding carboxylic acids is 2. The van der Waals surface area contributed by atoms with Gasteiger partial charge in [0.25, 0.3) is 5.91 Å².